The molecule has 3 fully saturated rings. The van der Waals surface area contributed by atoms with Crippen LogP contribution in [0.1, 0.15) is 55.5 Å². The summed E-state index contributed by atoms with van der Waals surface area (Å²) >= 11 is 0. The summed E-state index contributed by atoms with van der Waals surface area (Å²) in [5, 5.41) is 13.3. The van der Waals surface area contributed by atoms with E-state index < -0.39 is 11.4 Å². The SMILES string of the molecule is Cc1noc(C)c1COC12CCC(C(=O)O)(CC1)CC2. The second-order valence-corrected chi connectivity index (χ2v) is 6.36. The Kier molecular flexibility index (Phi) is 3.12. The second kappa shape index (κ2) is 4.58. The van der Waals surface area contributed by atoms with E-state index in [2.05, 4.69) is 5.16 Å². The molecule has 0 saturated heterocycles. The zero-order chi connectivity index (χ0) is 14.4. The van der Waals surface area contributed by atoms with Gasteiger partial charge in [0.05, 0.1) is 23.3 Å². The van der Waals surface area contributed by atoms with Gasteiger partial charge in [0, 0.05) is 5.56 Å². The molecule has 1 heterocycles. The number of fused-ring (bicyclic) bond motifs is 3. The van der Waals surface area contributed by atoms with Crippen LogP contribution in [-0.4, -0.2) is 21.8 Å². The molecule has 0 radical (unpaired) electrons. The standard InChI is InChI=1S/C15H21NO4/c1-10-12(11(2)20-16-10)9-19-15-6-3-14(4-7-15,5-8-15)13(17)18/h3-9H2,1-2H3,(H,17,18). The monoisotopic (exact) mass is 279 g/mol. The molecule has 20 heavy (non-hydrogen) atoms. The van der Waals surface area contributed by atoms with Crippen molar-refractivity contribution in [3.8, 4) is 0 Å². The number of aromatic nitrogens is 1. The van der Waals surface area contributed by atoms with Gasteiger partial charge in [0.2, 0.25) is 0 Å². The Morgan fingerprint density at radius 3 is 2.30 bits per heavy atom. The molecular weight excluding hydrogens is 258 g/mol. The first-order valence-corrected chi connectivity index (χ1v) is 7.26. The first-order valence-electron chi connectivity index (χ1n) is 7.26. The van der Waals surface area contributed by atoms with Gasteiger partial charge in [0.25, 0.3) is 0 Å². The van der Waals surface area contributed by atoms with Gasteiger partial charge < -0.3 is 14.4 Å². The minimum atomic E-state index is -0.628. The third kappa shape index (κ3) is 2.04. The van der Waals surface area contributed by atoms with E-state index in [1.165, 1.54) is 0 Å². The summed E-state index contributed by atoms with van der Waals surface area (Å²) in [5.41, 5.74) is 1.30. The number of aryl methyl sites for hydroxylation is 2. The molecule has 3 aliphatic carbocycles. The van der Waals surface area contributed by atoms with Crippen molar-refractivity contribution in [1.82, 2.24) is 5.16 Å². The number of rotatable bonds is 4. The Morgan fingerprint density at radius 1 is 1.25 bits per heavy atom. The lowest BCUT2D eigenvalue weighted by Gasteiger charge is -2.50. The van der Waals surface area contributed by atoms with Gasteiger partial charge in [0.1, 0.15) is 5.76 Å². The number of hydrogen-bond acceptors (Lipinski definition) is 4. The lowest BCUT2D eigenvalue weighted by Crippen LogP contribution is -2.50. The topological polar surface area (TPSA) is 72.6 Å². The van der Waals surface area contributed by atoms with Crippen LogP contribution in [0.15, 0.2) is 4.52 Å². The van der Waals surface area contributed by atoms with Crippen LogP contribution in [0.5, 0.6) is 0 Å². The lowest BCUT2D eigenvalue weighted by atomic mass is 9.58. The van der Waals surface area contributed by atoms with E-state index in [1.54, 1.807) is 0 Å². The van der Waals surface area contributed by atoms with Gasteiger partial charge >= 0.3 is 5.97 Å². The smallest absolute Gasteiger partial charge is 0.309 e. The highest BCUT2D eigenvalue weighted by Crippen LogP contribution is 2.54. The highest BCUT2D eigenvalue weighted by atomic mass is 16.5. The van der Waals surface area contributed by atoms with Crippen LogP contribution >= 0.6 is 0 Å². The Hall–Kier alpha value is -1.36. The summed E-state index contributed by atoms with van der Waals surface area (Å²) in [5.74, 6) is 0.182. The summed E-state index contributed by atoms with van der Waals surface area (Å²) in [6.45, 7) is 4.33. The fourth-order valence-corrected chi connectivity index (χ4v) is 3.62. The minimum absolute atomic E-state index is 0.132. The van der Waals surface area contributed by atoms with Crippen LogP contribution in [0.25, 0.3) is 0 Å². The van der Waals surface area contributed by atoms with Crippen molar-refractivity contribution in [2.24, 2.45) is 5.41 Å². The van der Waals surface area contributed by atoms with Gasteiger partial charge in [0.15, 0.2) is 0 Å². The molecule has 1 aromatic rings. The number of nitrogens with zero attached hydrogens (tertiary/aromatic N) is 1. The molecule has 0 aliphatic heterocycles. The van der Waals surface area contributed by atoms with Crippen LogP contribution in [0, 0.1) is 19.3 Å². The number of carboxylic acids is 1. The molecule has 1 aromatic heterocycles. The Labute approximate surface area is 118 Å². The van der Waals surface area contributed by atoms with Gasteiger partial charge in [-0.2, -0.15) is 0 Å². The van der Waals surface area contributed by atoms with E-state index in [0.29, 0.717) is 6.61 Å². The fourth-order valence-electron chi connectivity index (χ4n) is 3.62. The van der Waals surface area contributed by atoms with Gasteiger partial charge in [-0.05, 0) is 52.4 Å². The predicted octanol–water partition coefficient (Wildman–Crippen LogP) is 2.99. The van der Waals surface area contributed by atoms with Crippen molar-refractivity contribution < 1.29 is 19.2 Å². The number of carboxylic acid groups (broad SMARTS) is 1. The molecular formula is C15H21NO4. The van der Waals surface area contributed by atoms with Gasteiger partial charge in [-0.3, -0.25) is 4.79 Å². The van der Waals surface area contributed by atoms with Crippen LogP contribution in [0.2, 0.25) is 0 Å². The molecule has 0 amide bonds. The molecule has 3 aliphatic rings. The van der Waals surface area contributed by atoms with Gasteiger partial charge in [-0.15, -0.1) is 0 Å². The normalized spacial score (nSPS) is 32.5. The average Bonchev–Trinajstić information content (AvgIpc) is 2.78. The Bertz CT molecular complexity index is 490. The van der Waals surface area contributed by atoms with E-state index in [-0.39, 0.29) is 5.60 Å². The zero-order valence-corrected chi connectivity index (χ0v) is 12.1. The minimum Gasteiger partial charge on any atom is -0.481 e. The number of aliphatic carboxylic acids is 1. The summed E-state index contributed by atoms with van der Waals surface area (Å²) < 4.78 is 11.3. The third-order valence-electron chi connectivity index (χ3n) is 5.34. The molecule has 0 unspecified atom stereocenters. The van der Waals surface area contributed by atoms with E-state index in [1.807, 2.05) is 13.8 Å². The largest absolute Gasteiger partial charge is 0.481 e. The molecule has 0 spiro atoms. The maximum atomic E-state index is 11.4. The molecule has 2 bridgehead atoms. The molecule has 1 N–H and O–H groups in total. The van der Waals surface area contributed by atoms with Crippen molar-refractivity contribution in [1.29, 1.82) is 0 Å². The summed E-state index contributed by atoms with van der Waals surface area (Å²) in [6.07, 6.45) is 4.77. The average molecular weight is 279 g/mol. The highest BCUT2D eigenvalue weighted by molar-refractivity contribution is 5.75. The fraction of sp³-hybridized carbons (Fsp3) is 0.733. The van der Waals surface area contributed by atoms with E-state index in [9.17, 15) is 9.90 Å². The molecule has 0 aromatic carbocycles. The number of hydrogen-bond donors (Lipinski definition) is 1. The molecule has 0 atom stereocenters. The molecule has 4 rings (SSSR count). The van der Waals surface area contributed by atoms with Crippen LogP contribution < -0.4 is 0 Å². The van der Waals surface area contributed by atoms with Gasteiger partial charge in [-0.1, -0.05) is 5.16 Å². The summed E-state index contributed by atoms with van der Waals surface area (Å²) in [4.78, 5) is 11.4. The zero-order valence-electron chi connectivity index (χ0n) is 12.1. The molecule has 3 saturated carbocycles. The number of ether oxygens (including phenoxy) is 1. The van der Waals surface area contributed by atoms with E-state index >= 15 is 0 Å². The summed E-state index contributed by atoms with van der Waals surface area (Å²) in [6, 6.07) is 0. The van der Waals surface area contributed by atoms with Gasteiger partial charge in [-0.25, -0.2) is 0 Å². The maximum absolute atomic E-state index is 11.4. The van der Waals surface area contributed by atoms with Crippen LogP contribution in [-0.2, 0) is 16.1 Å². The third-order valence-corrected chi connectivity index (χ3v) is 5.34. The second-order valence-electron chi connectivity index (χ2n) is 6.36. The van der Waals surface area contributed by atoms with Crippen molar-refractivity contribution in [2.75, 3.05) is 0 Å². The molecule has 5 heteroatoms. The van der Waals surface area contributed by atoms with Crippen LogP contribution in [0.3, 0.4) is 0 Å². The summed E-state index contributed by atoms with van der Waals surface area (Å²) in [7, 11) is 0. The highest BCUT2D eigenvalue weighted by Gasteiger charge is 2.53. The maximum Gasteiger partial charge on any atom is 0.309 e. The predicted molar refractivity (Wildman–Crippen MR) is 71.3 cm³/mol. The van der Waals surface area contributed by atoms with Crippen molar-refractivity contribution in [2.45, 2.75) is 64.6 Å². The first-order chi connectivity index (χ1) is 9.46. The molecule has 5 nitrogen and oxygen atoms in total. The first kappa shape index (κ1) is 13.6. The lowest BCUT2D eigenvalue weighted by molar-refractivity contribution is -0.175. The van der Waals surface area contributed by atoms with Crippen molar-refractivity contribution in [3.63, 3.8) is 0 Å². The van der Waals surface area contributed by atoms with Crippen molar-refractivity contribution in [3.05, 3.63) is 17.0 Å². The van der Waals surface area contributed by atoms with E-state index in [0.717, 1.165) is 55.5 Å². The number of carbonyl (C=O) groups is 1. The Morgan fingerprint density at radius 2 is 1.85 bits per heavy atom. The van der Waals surface area contributed by atoms with E-state index in [4.69, 9.17) is 9.26 Å². The Balaban J connectivity index is 1.67. The molecule has 110 valence electrons. The quantitative estimate of drug-likeness (QED) is 0.917. The van der Waals surface area contributed by atoms with Crippen molar-refractivity contribution >= 4 is 5.97 Å². The van der Waals surface area contributed by atoms with Crippen LogP contribution in [0.4, 0.5) is 0 Å².